The second-order valence-corrected chi connectivity index (χ2v) is 7.19. The van der Waals surface area contributed by atoms with Crippen LogP contribution in [0.5, 0.6) is 5.75 Å². The van der Waals surface area contributed by atoms with E-state index in [0.717, 1.165) is 42.5 Å². The molecule has 0 aliphatic carbocycles. The van der Waals surface area contributed by atoms with Crippen molar-refractivity contribution in [3.05, 3.63) is 59.8 Å². The third-order valence-electron chi connectivity index (χ3n) is 4.85. The Kier molecular flexibility index (Phi) is 5.29. The molecular formula is C22H22F2N4O. The summed E-state index contributed by atoms with van der Waals surface area (Å²) in [5, 5.41) is 3.15. The molecule has 0 saturated heterocycles. The van der Waals surface area contributed by atoms with Gasteiger partial charge in [-0.05, 0) is 55.7 Å². The summed E-state index contributed by atoms with van der Waals surface area (Å²) in [7, 11) is 2.04. The van der Waals surface area contributed by atoms with Crippen molar-refractivity contribution in [2.45, 2.75) is 19.8 Å². The molecule has 1 aliphatic rings. The van der Waals surface area contributed by atoms with Crippen LogP contribution >= 0.6 is 0 Å². The summed E-state index contributed by atoms with van der Waals surface area (Å²) in [4.78, 5) is 10.6. The third kappa shape index (κ3) is 4.29. The molecule has 1 aliphatic heterocycles. The van der Waals surface area contributed by atoms with E-state index in [4.69, 9.17) is 4.74 Å². The Labute approximate surface area is 168 Å². The first kappa shape index (κ1) is 19.1. The van der Waals surface area contributed by atoms with Gasteiger partial charge in [-0.1, -0.05) is 0 Å². The zero-order valence-electron chi connectivity index (χ0n) is 16.4. The van der Waals surface area contributed by atoms with Crippen LogP contribution in [0.2, 0.25) is 0 Å². The number of fused-ring (bicyclic) bond motifs is 6. The van der Waals surface area contributed by atoms with E-state index in [1.165, 1.54) is 18.2 Å². The van der Waals surface area contributed by atoms with E-state index < -0.39 is 11.6 Å². The molecule has 150 valence electrons. The first-order valence-electron chi connectivity index (χ1n) is 9.55. The number of benzene rings is 2. The van der Waals surface area contributed by atoms with Crippen molar-refractivity contribution in [1.29, 1.82) is 0 Å². The number of hydrogen-bond acceptors (Lipinski definition) is 5. The van der Waals surface area contributed by atoms with Gasteiger partial charge < -0.3 is 15.0 Å². The van der Waals surface area contributed by atoms with Crippen molar-refractivity contribution < 1.29 is 13.5 Å². The predicted molar refractivity (Wildman–Crippen MR) is 110 cm³/mol. The standard InChI is InChI=1S/C22H22F2N4O/c1-14-9-16-12-17(10-14)28(2)7-3-4-8-29-20-11-15(23)5-6-18(20)21-19(24)13-25-22(26-16)27-21/h5-6,9-13H,3-4,7-8H2,1-2H3,(H,25,26,27). The molecule has 0 fully saturated rings. The zero-order chi connectivity index (χ0) is 20.4. The largest absolute Gasteiger partial charge is 0.493 e. The number of aryl methyl sites for hydroxylation is 1. The normalized spacial score (nSPS) is 14.1. The van der Waals surface area contributed by atoms with Gasteiger partial charge in [-0.2, -0.15) is 0 Å². The minimum Gasteiger partial charge on any atom is -0.493 e. The molecule has 1 N–H and O–H groups in total. The second kappa shape index (κ2) is 8.03. The molecule has 0 atom stereocenters. The fraction of sp³-hybridized carbons (Fsp3) is 0.273. The number of nitrogens with zero attached hydrogens (tertiary/aromatic N) is 3. The molecule has 0 spiro atoms. The van der Waals surface area contributed by atoms with Gasteiger partial charge in [0.1, 0.15) is 17.3 Å². The van der Waals surface area contributed by atoms with Crippen LogP contribution in [0.3, 0.4) is 0 Å². The molecular weight excluding hydrogens is 374 g/mol. The Bertz CT molecular complexity index is 1040. The van der Waals surface area contributed by atoms with Crippen molar-refractivity contribution in [3.8, 4) is 17.0 Å². The van der Waals surface area contributed by atoms with Crippen LogP contribution in [-0.4, -0.2) is 30.2 Å². The van der Waals surface area contributed by atoms with E-state index >= 15 is 0 Å². The molecule has 0 amide bonds. The maximum absolute atomic E-state index is 14.5. The Balaban J connectivity index is 1.81. The van der Waals surface area contributed by atoms with E-state index in [-0.39, 0.29) is 17.4 Å². The first-order chi connectivity index (χ1) is 14.0. The van der Waals surface area contributed by atoms with E-state index in [1.54, 1.807) is 0 Å². The summed E-state index contributed by atoms with van der Waals surface area (Å²) in [5.74, 6) is -0.513. The number of aromatic nitrogens is 2. The predicted octanol–water partition coefficient (Wildman–Crippen LogP) is 5.08. The van der Waals surface area contributed by atoms with Gasteiger partial charge in [-0.15, -0.1) is 0 Å². The molecule has 0 saturated carbocycles. The SMILES string of the molecule is Cc1cc2cc(c1)N(C)CCCCOc1cc(F)ccc1-c1nc(ncc1F)N2. The van der Waals surface area contributed by atoms with E-state index in [1.807, 2.05) is 26.1 Å². The summed E-state index contributed by atoms with van der Waals surface area (Å²) in [6.45, 7) is 3.27. The minimum absolute atomic E-state index is 0.0670. The lowest BCUT2D eigenvalue weighted by Crippen LogP contribution is -2.19. The molecule has 29 heavy (non-hydrogen) atoms. The summed E-state index contributed by atoms with van der Waals surface area (Å²) in [6.07, 6.45) is 2.80. The van der Waals surface area contributed by atoms with Crippen molar-refractivity contribution in [2.75, 3.05) is 30.4 Å². The number of anilines is 3. The Hall–Kier alpha value is -3.22. The van der Waals surface area contributed by atoms with Gasteiger partial charge in [-0.25, -0.2) is 18.7 Å². The average Bonchev–Trinajstić information content (AvgIpc) is 2.68. The first-order valence-corrected chi connectivity index (χ1v) is 9.55. The van der Waals surface area contributed by atoms with Crippen LogP contribution in [0.25, 0.3) is 11.3 Å². The molecule has 2 aromatic carbocycles. The fourth-order valence-corrected chi connectivity index (χ4v) is 3.37. The zero-order valence-corrected chi connectivity index (χ0v) is 16.4. The second-order valence-electron chi connectivity index (χ2n) is 7.19. The van der Waals surface area contributed by atoms with Gasteiger partial charge in [0.05, 0.1) is 12.8 Å². The summed E-state index contributed by atoms with van der Waals surface area (Å²) in [5.41, 5.74) is 3.43. The molecule has 1 aromatic heterocycles. The van der Waals surface area contributed by atoms with Crippen molar-refractivity contribution in [1.82, 2.24) is 9.97 Å². The maximum atomic E-state index is 14.5. The van der Waals surface area contributed by atoms with Gasteiger partial charge in [-0.3, -0.25) is 0 Å². The molecule has 4 bridgehead atoms. The molecule has 2 heterocycles. The van der Waals surface area contributed by atoms with Crippen molar-refractivity contribution >= 4 is 17.3 Å². The lowest BCUT2D eigenvalue weighted by Gasteiger charge is -2.21. The molecule has 0 radical (unpaired) electrons. The van der Waals surface area contributed by atoms with Gasteiger partial charge in [0.15, 0.2) is 5.82 Å². The molecule has 4 rings (SSSR count). The van der Waals surface area contributed by atoms with Gasteiger partial charge in [0.2, 0.25) is 5.95 Å². The van der Waals surface area contributed by atoms with Crippen LogP contribution in [0.15, 0.2) is 42.6 Å². The van der Waals surface area contributed by atoms with Gasteiger partial charge >= 0.3 is 0 Å². The summed E-state index contributed by atoms with van der Waals surface area (Å²) < 4.78 is 34.1. The van der Waals surface area contributed by atoms with Crippen LogP contribution in [-0.2, 0) is 0 Å². The van der Waals surface area contributed by atoms with Gasteiger partial charge in [0, 0.05) is 36.6 Å². The molecule has 7 heteroatoms. The average molecular weight is 396 g/mol. The van der Waals surface area contributed by atoms with Gasteiger partial charge in [0.25, 0.3) is 0 Å². The Morgan fingerprint density at radius 2 is 1.97 bits per heavy atom. The minimum atomic E-state index is -0.596. The van der Waals surface area contributed by atoms with Crippen LogP contribution in [0.4, 0.5) is 26.1 Å². The number of ether oxygens (including phenoxy) is 1. The van der Waals surface area contributed by atoms with E-state index in [2.05, 4.69) is 26.3 Å². The lowest BCUT2D eigenvalue weighted by atomic mass is 10.1. The van der Waals surface area contributed by atoms with Crippen molar-refractivity contribution in [3.63, 3.8) is 0 Å². The van der Waals surface area contributed by atoms with Crippen molar-refractivity contribution in [2.24, 2.45) is 0 Å². The number of nitrogens with one attached hydrogen (secondary N) is 1. The van der Waals surface area contributed by atoms with Crippen LogP contribution in [0, 0.1) is 18.6 Å². The number of hydrogen-bond donors (Lipinski definition) is 1. The lowest BCUT2D eigenvalue weighted by molar-refractivity contribution is 0.307. The highest BCUT2D eigenvalue weighted by Gasteiger charge is 2.16. The highest BCUT2D eigenvalue weighted by atomic mass is 19.1. The van der Waals surface area contributed by atoms with Crippen LogP contribution in [0.1, 0.15) is 18.4 Å². The summed E-state index contributed by atoms with van der Waals surface area (Å²) in [6, 6.07) is 10.1. The molecule has 0 unspecified atom stereocenters. The monoisotopic (exact) mass is 396 g/mol. The summed E-state index contributed by atoms with van der Waals surface area (Å²) >= 11 is 0. The molecule has 3 aromatic rings. The smallest absolute Gasteiger partial charge is 0.227 e. The van der Waals surface area contributed by atoms with E-state index in [9.17, 15) is 8.78 Å². The Morgan fingerprint density at radius 1 is 1.10 bits per heavy atom. The number of rotatable bonds is 0. The number of halogens is 2. The highest BCUT2D eigenvalue weighted by molar-refractivity contribution is 5.70. The van der Waals surface area contributed by atoms with Crippen LogP contribution < -0.4 is 15.0 Å². The fourth-order valence-electron chi connectivity index (χ4n) is 3.37. The Morgan fingerprint density at radius 3 is 2.83 bits per heavy atom. The molecule has 5 nitrogen and oxygen atoms in total. The van der Waals surface area contributed by atoms with E-state index in [0.29, 0.717) is 12.2 Å². The third-order valence-corrected chi connectivity index (χ3v) is 4.85. The highest BCUT2D eigenvalue weighted by Crippen LogP contribution is 2.33. The quantitative estimate of drug-likeness (QED) is 0.574. The maximum Gasteiger partial charge on any atom is 0.227 e. The topological polar surface area (TPSA) is 50.3 Å².